The van der Waals surface area contributed by atoms with E-state index in [0.717, 1.165) is 16.7 Å². The normalized spacial score (nSPS) is 12.4. The first-order valence-corrected chi connectivity index (χ1v) is 6.30. The predicted molar refractivity (Wildman–Crippen MR) is 72.8 cm³/mol. The molecule has 0 aromatic heterocycles. The van der Waals surface area contributed by atoms with Gasteiger partial charge < -0.3 is 5.32 Å². The van der Waals surface area contributed by atoms with Crippen LogP contribution in [0.25, 0.3) is 0 Å². The molecule has 0 aliphatic heterocycles. The lowest BCUT2D eigenvalue weighted by Gasteiger charge is -2.15. The topological polar surface area (TPSA) is 12.0 Å². The van der Waals surface area contributed by atoms with E-state index in [1.165, 1.54) is 24.3 Å². The van der Waals surface area contributed by atoms with Gasteiger partial charge in [-0.3, -0.25) is 0 Å². The largest absolute Gasteiger partial charge is 0.306 e. The quantitative estimate of drug-likeness (QED) is 0.872. The van der Waals surface area contributed by atoms with E-state index in [0.29, 0.717) is 6.54 Å². The maximum absolute atomic E-state index is 13.0. The average Bonchev–Trinajstić information content (AvgIpc) is 2.38. The molecular weight excluding hydrogens is 244 g/mol. The highest BCUT2D eigenvalue weighted by Crippen LogP contribution is 2.15. The SMILES string of the molecule is Cc1cc(F)ccc1CNC(C)c1ccc(F)cc1. The van der Waals surface area contributed by atoms with E-state index >= 15 is 0 Å². The highest BCUT2D eigenvalue weighted by molar-refractivity contribution is 5.27. The minimum atomic E-state index is -0.231. The van der Waals surface area contributed by atoms with Crippen molar-refractivity contribution in [1.82, 2.24) is 5.32 Å². The fourth-order valence-electron chi connectivity index (χ4n) is 1.99. The van der Waals surface area contributed by atoms with Crippen molar-refractivity contribution in [2.75, 3.05) is 0 Å². The van der Waals surface area contributed by atoms with E-state index in [9.17, 15) is 8.78 Å². The minimum absolute atomic E-state index is 0.116. The average molecular weight is 261 g/mol. The van der Waals surface area contributed by atoms with Crippen molar-refractivity contribution >= 4 is 0 Å². The Morgan fingerprint density at radius 2 is 1.63 bits per heavy atom. The first kappa shape index (κ1) is 13.7. The van der Waals surface area contributed by atoms with Crippen molar-refractivity contribution in [2.45, 2.75) is 26.4 Å². The molecular formula is C16H17F2N. The third-order valence-corrected chi connectivity index (χ3v) is 3.27. The molecule has 0 saturated heterocycles. The second-order valence-corrected chi connectivity index (χ2v) is 4.72. The zero-order chi connectivity index (χ0) is 13.8. The van der Waals surface area contributed by atoms with Gasteiger partial charge in [-0.25, -0.2) is 8.78 Å². The molecule has 19 heavy (non-hydrogen) atoms. The van der Waals surface area contributed by atoms with Crippen LogP contribution in [-0.2, 0) is 6.54 Å². The fourth-order valence-corrected chi connectivity index (χ4v) is 1.99. The molecule has 2 aromatic carbocycles. The molecule has 3 heteroatoms. The van der Waals surface area contributed by atoms with Crippen LogP contribution in [0.15, 0.2) is 42.5 Å². The first-order chi connectivity index (χ1) is 9.06. The van der Waals surface area contributed by atoms with Crippen LogP contribution in [0.4, 0.5) is 8.78 Å². The lowest BCUT2D eigenvalue weighted by atomic mass is 10.1. The summed E-state index contributed by atoms with van der Waals surface area (Å²) in [6.45, 7) is 4.57. The smallest absolute Gasteiger partial charge is 0.123 e. The maximum Gasteiger partial charge on any atom is 0.123 e. The number of nitrogens with one attached hydrogen (secondary N) is 1. The Kier molecular flexibility index (Phi) is 4.27. The Bertz CT molecular complexity index is 549. The van der Waals surface area contributed by atoms with Crippen LogP contribution in [0.2, 0.25) is 0 Å². The van der Waals surface area contributed by atoms with Crippen molar-refractivity contribution in [1.29, 1.82) is 0 Å². The van der Waals surface area contributed by atoms with Gasteiger partial charge in [0.1, 0.15) is 11.6 Å². The zero-order valence-electron chi connectivity index (χ0n) is 11.1. The summed E-state index contributed by atoms with van der Waals surface area (Å²) in [4.78, 5) is 0. The molecule has 1 N–H and O–H groups in total. The van der Waals surface area contributed by atoms with E-state index in [4.69, 9.17) is 0 Å². The fraction of sp³-hybridized carbons (Fsp3) is 0.250. The Labute approximate surface area is 112 Å². The highest BCUT2D eigenvalue weighted by atomic mass is 19.1. The number of benzene rings is 2. The van der Waals surface area contributed by atoms with Crippen LogP contribution < -0.4 is 5.32 Å². The number of rotatable bonds is 4. The molecule has 0 radical (unpaired) electrons. The van der Waals surface area contributed by atoms with Gasteiger partial charge in [-0.15, -0.1) is 0 Å². The van der Waals surface area contributed by atoms with Gasteiger partial charge in [-0.05, 0) is 54.8 Å². The van der Waals surface area contributed by atoms with Crippen molar-refractivity contribution in [3.8, 4) is 0 Å². The summed E-state index contributed by atoms with van der Waals surface area (Å²) in [6.07, 6.45) is 0. The minimum Gasteiger partial charge on any atom is -0.306 e. The Morgan fingerprint density at radius 3 is 2.26 bits per heavy atom. The summed E-state index contributed by atoms with van der Waals surface area (Å²) in [5.41, 5.74) is 3.02. The number of hydrogen-bond donors (Lipinski definition) is 1. The molecule has 0 heterocycles. The van der Waals surface area contributed by atoms with Crippen LogP contribution in [-0.4, -0.2) is 0 Å². The molecule has 0 spiro atoms. The number of aryl methyl sites for hydroxylation is 1. The molecule has 0 aliphatic rings. The van der Waals surface area contributed by atoms with Gasteiger partial charge in [0.15, 0.2) is 0 Å². The van der Waals surface area contributed by atoms with E-state index in [1.807, 2.05) is 13.8 Å². The summed E-state index contributed by atoms with van der Waals surface area (Å²) in [5, 5.41) is 3.35. The van der Waals surface area contributed by atoms with Gasteiger partial charge in [0.05, 0.1) is 0 Å². The molecule has 1 atom stereocenters. The van der Waals surface area contributed by atoms with Crippen molar-refractivity contribution in [2.24, 2.45) is 0 Å². The summed E-state index contributed by atoms with van der Waals surface area (Å²) < 4.78 is 25.8. The van der Waals surface area contributed by atoms with Gasteiger partial charge in [-0.2, -0.15) is 0 Å². The first-order valence-electron chi connectivity index (χ1n) is 6.30. The van der Waals surface area contributed by atoms with Crippen molar-refractivity contribution in [3.63, 3.8) is 0 Å². The van der Waals surface area contributed by atoms with Crippen LogP contribution in [0.5, 0.6) is 0 Å². The van der Waals surface area contributed by atoms with Gasteiger partial charge >= 0.3 is 0 Å². The van der Waals surface area contributed by atoms with Crippen molar-refractivity contribution < 1.29 is 8.78 Å². The van der Waals surface area contributed by atoms with Gasteiger partial charge in [0, 0.05) is 12.6 Å². The van der Waals surface area contributed by atoms with Crippen LogP contribution in [0.3, 0.4) is 0 Å². The third kappa shape index (κ3) is 3.61. The Hall–Kier alpha value is -1.74. The summed E-state index contributed by atoms with van der Waals surface area (Å²) in [7, 11) is 0. The lowest BCUT2D eigenvalue weighted by molar-refractivity contribution is 0.568. The standard InChI is InChI=1S/C16H17F2N/c1-11-9-16(18)8-5-14(11)10-19-12(2)13-3-6-15(17)7-4-13/h3-9,12,19H,10H2,1-2H3. The summed E-state index contributed by atoms with van der Waals surface area (Å²) in [5.74, 6) is -0.446. The van der Waals surface area contributed by atoms with Gasteiger partial charge in [0.25, 0.3) is 0 Å². The van der Waals surface area contributed by atoms with E-state index in [2.05, 4.69) is 5.32 Å². The van der Waals surface area contributed by atoms with Gasteiger partial charge in [0.2, 0.25) is 0 Å². The molecule has 0 aliphatic carbocycles. The molecule has 0 bridgehead atoms. The van der Waals surface area contributed by atoms with E-state index in [-0.39, 0.29) is 17.7 Å². The third-order valence-electron chi connectivity index (χ3n) is 3.27. The summed E-state index contributed by atoms with van der Waals surface area (Å²) >= 11 is 0. The van der Waals surface area contributed by atoms with Crippen LogP contribution >= 0.6 is 0 Å². The van der Waals surface area contributed by atoms with Crippen molar-refractivity contribution in [3.05, 3.63) is 70.8 Å². The predicted octanol–water partition coefficient (Wildman–Crippen LogP) is 4.12. The van der Waals surface area contributed by atoms with Crippen LogP contribution in [0, 0.1) is 18.6 Å². The molecule has 1 nitrogen and oxygen atoms in total. The van der Waals surface area contributed by atoms with E-state index < -0.39 is 0 Å². The molecule has 100 valence electrons. The highest BCUT2D eigenvalue weighted by Gasteiger charge is 2.06. The number of halogens is 2. The molecule has 1 unspecified atom stereocenters. The molecule has 0 fully saturated rings. The Morgan fingerprint density at radius 1 is 1.00 bits per heavy atom. The molecule has 2 rings (SSSR count). The van der Waals surface area contributed by atoms with Crippen LogP contribution in [0.1, 0.15) is 29.7 Å². The van der Waals surface area contributed by atoms with Gasteiger partial charge in [-0.1, -0.05) is 18.2 Å². The molecule has 2 aromatic rings. The zero-order valence-corrected chi connectivity index (χ0v) is 11.1. The van der Waals surface area contributed by atoms with E-state index in [1.54, 1.807) is 18.2 Å². The lowest BCUT2D eigenvalue weighted by Crippen LogP contribution is -2.18. The second kappa shape index (κ2) is 5.93. The second-order valence-electron chi connectivity index (χ2n) is 4.72. The maximum atomic E-state index is 13.0. The molecule has 0 amide bonds. The Balaban J connectivity index is 2.00. The number of hydrogen-bond acceptors (Lipinski definition) is 1. The molecule has 0 saturated carbocycles. The summed E-state index contributed by atoms with van der Waals surface area (Å²) in [6, 6.07) is 11.3. The monoisotopic (exact) mass is 261 g/mol.